The molecule has 0 aliphatic heterocycles. The van der Waals surface area contributed by atoms with E-state index in [2.05, 4.69) is 24.3 Å². The molecule has 0 radical (unpaired) electrons. The van der Waals surface area contributed by atoms with Crippen molar-refractivity contribution in [1.82, 2.24) is 0 Å². The third kappa shape index (κ3) is 4.49. The molecular formula is C11H17AsO. The second-order valence-electron chi connectivity index (χ2n) is 3.32. The van der Waals surface area contributed by atoms with E-state index < -0.39 is 0 Å². The van der Waals surface area contributed by atoms with Crippen molar-refractivity contribution in [2.45, 2.75) is 24.0 Å². The van der Waals surface area contributed by atoms with Gasteiger partial charge in [-0.25, -0.2) is 0 Å². The van der Waals surface area contributed by atoms with Crippen LogP contribution in [-0.2, 0) is 6.42 Å². The van der Waals surface area contributed by atoms with Crippen LogP contribution in [0.5, 0.6) is 0 Å². The van der Waals surface area contributed by atoms with Crippen LogP contribution in [0.1, 0.15) is 18.4 Å². The van der Waals surface area contributed by atoms with E-state index in [9.17, 15) is 0 Å². The molecule has 0 saturated carbocycles. The van der Waals surface area contributed by atoms with Crippen LogP contribution in [0.2, 0.25) is 4.71 Å². The number of aliphatic hydroxyl groups is 1. The fraction of sp³-hybridized carbons (Fsp3) is 0.455. The molecule has 0 aromatic heterocycles. The second kappa shape index (κ2) is 6.23. The molecule has 0 amide bonds. The van der Waals surface area contributed by atoms with E-state index in [1.165, 1.54) is 12.0 Å². The van der Waals surface area contributed by atoms with E-state index >= 15 is 0 Å². The summed E-state index contributed by atoms with van der Waals surface area (Å²) in [5, 5.41) is 8.85. The van der Waals surface area contributed by atoms with Crippen LogP contribution < -0.4 is 0 Å². The normalized spacial score (nSPS) is 12.8. The van der Waals surface area contributed by atoms with Gasteiger partial charge in [-0.05, 0) is 0 Å². The van der Waals surface area contributed by atoms with Crippen molar-refractivity contribution in [3.8, 4) is 0 Å². The van der Waals surface area contributed by atoms with Crippen molar-refractivity contribution in [3.63, 3.8) is 0 Å². The van der Waals surface area contributed by atoms with Gasteiger partial charge in [0.15, 0.2) is 0 Å². The summed E-state index contributed by atoms with van der Waals surface area (Å²) in [5.74, 6) is 0. The minimum atomic E-state index is 0.342. The summed E-state index contributed by atoms with van der Waals surface area (Å²) in [6.45, 7) is 0.342. The Balaban J connectivity index is 2.20. The van der Waals surface area contributed by atoms with Crippen LogP contribution in [0.25, 0.3) is 0 Å². The van der Waals surface area contributed by atoms with Crippen LogP contribution in [0, 0.1) is 0 Å². The Labute approximate surface area is 88.7 Å². The quantitative estimate of drug-likeness (QED) is 0.772. The van der Waals surface area contributed by atoms with Gasteiger partial charge in [0.2, 0.25) is 0 Å². The summed E-state index contributed by atoms with van der Waals surface area (Å²) in [4.78, 5) is 0. The SMILES string of the molecule is OCC([AsH2])CCCc1ccccc1. The molecular weight excluding hydrogens is 223 g/mol. The first kappa shape index (κ1) is 10.8. The Morgan fingerprint density at radius 1 is 1.23 bits per heavy atom. The molecule has 0 spiro atoms. The summed E-state index contributed by atoms with van der Waals surface area (Å²) in [7, 11) is 0. The zero-order valence-electron chi connectivity index (χ0n) is 7.82. The third-order valence-corrected chi connectivity index (χ3v) is 3.26. The van der Waals surface area contributed by atoms with Crippen molar-refractivity contribution in [2.24, 2.45) is 0 Å². The predicted molar refractivity (Wildman–Crippen MR) is 58.8 cm³/mol. The molecule has 72 valence electrons. The molecule has 0 saturated heterocycles. The summed E-state index contributed by atoms with van der Waals surface area (Å²) in [5.41, 5.74) is 1.40. The van der Waals surface area contributed by atoms with E-state index in [0.29, 0.717) is 11.3 Å². The molecule has 0 bridgehead atoms. The van der Waals surface area contributed by atoms with Crippen molar-refractivity contribution in [1.29, 1.82) is 0 Å². The Morgan fingerprint density at radius 3 is 2.54 bits per heavy atom. The molecule has 0 fully saturated rings. The summed E-state index contributed by atoms with van der Waals surface area (Å²) in [6, 6.07) is 10.5. The molecule has 0 aliphatic rings. The molecule has 1 aromatic carbocycles. The number of rotatable bonds is 5. The average molecular weight is 240 g/mol. The van der Waals surface area contributed by atoms with Crippen LogP contribution in [0.3, 0.4) is 0 Å². The third-order valence-electron chi connectivity index (χ3n) is 2.12. The number of hydrogen-bond acceptors (Lipinski definition) is 1. The summed E-state index contributed by atoms with van der Waals surface area (Å²) < 4.78 is 0.510. The van der Waals surface area contributed by atoms with Crippen molar-refractivity contribution >= 4 is 16.9 Å². The Kier molecular flexibility index (Phi) is 5.19. The van der Waals surface area contributed by atoms with Gasteiger partial charge in [-0.2, -0.15) is 0 Å². The first-order valence-corrected chi connectivity index (χ1v) is 6.13. The number of aliphatic hydroxyl groups excluding tert-OH is 1. The van der Waals surface area contributed by atoms with Gasteiger partial charge in [0, 0.05) is 0 Å². The predicted octanol–water partition coefficient (Wildman–Crippen LogP) is 1.42. The van der Waals surface area contributed by atoms with E-state index in [1.807, 2.05) is 6.07 Å². The zero-order chi connectivity index (χ0) is 9.52. The molecule has 2 unspecified atom stereocenters. The van der Waals surface area contributed by atoms with Gasteiger partial charge in [0.25, 0.3) is 0 Å². The molecule has 0 heterocycles. The van der Waals surface area contributed by atoms with Gasteiger partial charge in [-0.3, -0.25) is 0 Å². The molecule has 1 aromatic rings. The van der Waals surface area contributed by atoms with Gasteiger partial charge < -0.3 is 0 Å². The standard InChI is InChI=1S/C11H17AsO/c12-11(9-13)8-4-7-10-5-2-1-3-6-10/h1-3,5-6,11,13H,4,7-9,12H2. The Bertz CT molecular complexity index is 223. The first-order chi connectivity index (χ1) is 6.33. The van der Waals surface area contributed by atoms with Gasteiger partial charge in [-0.15, -0.1) is 0 Å². The topological polar surface area (TPSA) is 20.2 Å². The van der Waals surface area contributed by atoms with E-state index in [1.54, 1.807) is 16.9 Å². The van der Waals surface area contributed by atoms with Gasteiger partial charge in [-0.1, -0.05) is 0 Å². The monoisotopic (exact) mass is 240 g/mol. The van der Waals surface area contributed by atoms with Crippen LogP contribution in [0.4, 0.5) is 0 Å². The second-order valence-corrected chi connectivity index (χ2v) is 5.30. The van der Waals surface area contributed by atoms with Gasteiger partial charge in [0.05, 0.1) is 0 Å². The van der Waals surface area contributed by atoms with Crippen molar-refractivity contribution in [2.75, 3.05) is 6.61 Å². The van der Waals surface area contributed by atoms with Crippen LogP contribution in [-0.4, -0.2) is 28.6 Å². The van der Waals surface area contributed by atoms with E-state index in [0.717, 1.165) is 12.8 Å². The number of hydrogen-bond donors (Lipinski definition) is 1. The van der Waals surface area contributed by atoms with Gasteiger partial charge in [0.1, 0.15) is 0 Å². The summed E-state index contributed by atoms with van der Waals surface area (Å²) in [6.07, 6.45) is 3.47. The number of aryl methyl sites for hydroxylation is 1. The average Bonchev–Trinajstić information content (AvgIpc) is 2.19. The van der Waals surface area contributed by atoms with Gasteiger partial charge >= 0.3 is 88.4 Å². The van der Waals surface area contributed by atoms with E-state index in [4.69, 9.17) is 5.11 Å². The fourth-order valence-electron chi connectivity index (χ4n) is 1.30. The van der Waals surface area contributed by atoms with Crippen molar-refractivity contribution in [3.05, 3.63) is 35.9 Å². The van der Waals surface area contributed by atoms with E-state index in [-0.39, 0.29) is 0 Å². The fourth-order valence-corrected chi connectivity index (χ4v) is 1.80. The molecule has 0 aliphatic carbocycles. The first-order valence-electron chi connectivity index (χ1n) is 4.73. The maximum atomic E-state index is 8.85. The Morgan fingerprint density at radius 2 is 1.92 bits per heavy atom. The molecule has 1 rings (SSSR count). The Hall–Kier alpha value is -0.262. The zero-order valence-corrected chi connectivity index (χ0v) is 10.2. The minimum absolute atomic E-state index is 0.342. The molecule has 2 heteroatoms. The summed E-state index contributed by atoms with van der Waals surface area (Å²) >= 11 is 1.65. The number of benzene rings is 1. The molecule has 2 atom stereocenters. The van der Waals surface area contributed by atoms with Crippen LogP contribution >= 0.6 is 0 Å². The van der Waals surface area contributed by atoms with Crippen LogP contribution in [0.15, 0.2) is 30.3 Å². The van der Waals surface area contributed by atoms with Crippen molar-refractivity contribution < 1.29 is 5.11 Å². The molecule has 1 N–H and O–H groups in total. The molecule has 1 nitrogen and oxygen atoms in total. The molecule has 13 heavy (non-hydrogen) atoms. The maximum absolute atomic E-state index is 8.85.